The standard InChI is InChI=1S/C18H21ClN2O2/c1-2-3-10-23-17-9-5-8-16(12-17)21-18(22)13-20-15-7-4-6-14(19)11-15/h4-9,11-12,20H,2-3,10,13H2,1H3,(H,21,22). The van der Waals surface area contributed by atoms with Gasteiger partial charge in [0.05, 0.1) is 13.2 Å². The Balaban J connectivity index is 1.83. The highest BCUT2D eigenvalue weighted by atomic mass is 35.5. The number of ether oxygens (including phenoxy) is 1. The molecule has 2 aromatic rings. The van der Waals surface area contributed by atoms with Crippen molar-refractivity contribution in [1.82, 2.24) is 0 Å². The van der Waals surface area contributed by atoms with Crippen LogP contribution in [-0.4, -0.2) is 19.1 Å². The molecule has 0 heterocycles. The topological polar surface area (TPSA) is 50.4 Å². The molecular formula is C18H21ClN2O2. The lowest BCUT2D eigenvalue weighted by Gasteiger charge is -2.10. The molecule has 4 nitrogen and oxygen atoms in total. The van der Waals surface area contributed by atoms with E-state index in [0.29, 0.717) is 11.6 Å². The predicted octanol–water partition coefficient (Wildman–Crippen LogP) is 4.57. The molecule has 0 aliphatic rings. The second kappa shape index (κ2) is 9.06. The van der Waals surface area contributed by atoms with Gasteiger partial charge in [-0.2, -0.15) is 0 Å². The van der Waals surface area contributed by atoms with E-state index in [0.717, 1.165) is 30.0 Å². The van der Waals surface area contributed by atoms with Crippen molar-refractivity contribution >= 4 is 28.9 Å². The van der Waals surface area contributed by atoms with E-state index in [1.54, 1.807) is 12.1 Å². The summed E-state index contributed by atoms with van der Waals surface area (Å²) in [6, 6.07) is 14.7. The molecule has 1 amide bonds. The van der Waals surface area contributed by atoms with Gasteiger partial charge >= 0.3 is 0 Å². The van der Waals surface area contributed by atoms with Crippen LogP contribution in [0.25, 0.3) is 0 Å². The molecule has 0 aliphatic carbocycles. The summed E-state index contributed by atoms with van der Waals surface area (Å²) in [5, 5.41) is 6.51. The largest absolute Gasteiger partial charge is 0.494 e. The molecule has 0 radical (unpaired) electrons. The van der Waals surface area contributed by atoms with Crippen molar-refractivity contribution < 1.29 is 9.53 Å². The van der Waals surface area contributed by atoms with Gasteiger partial charge in [0.2, 0.25) is 5.91 Å². The maximum atomic E-state index is 12.0. The molecule has 5 heteroatoms. The van der Waals surface area contributed by atoms with Gasteiger partial charge in [0, 0.05) is 22.5 Å². The summed E-state index contributed by atoms with van der Waals surface area (Å²) in [7, 11) is 0. The van der Waals surface area contributed by atoms with Crippen LogP contribution in [0.15, 0.2) is 48.5 Å². The molecule has 0 atom stereocenters. The molecule has 122 valence electrons. The fourth-order valence-electron chi connectivity index (χ4n) is 1.98. The molecule has 0 bridgehead atoms. The minimum Gasteiger partial charge on any atom is -0.494 e. The summed E-state index contributed by atoms with van der Waals surface area (Å²) in [4.78, 5) is 12.0. The van der Waals surface area contributed by atoms with Gasteiger partial charge in [0.25, 0.3) is 0 Å². The number of nitrogens with one attached hydrogen (secondary N) is 2. The quantitative estimate of drug-likeness (QED) is 0.696. The first kappa shape index (κ1) is 17.2. The number of hydrogen-bond donors (Lipinski definition) is 2. The number of halogens is 1. The normalized spacial score (nSPS) is 10.2. The van der Waals surface area contributed by atoms with Crippen molar-refractivity contribution in [3.8, 4) is 5.75 Å². The van der Waals surface area contributed by atoms with Crippen molar-refractivity contribution in [2.24, 2.45) is 0 Å². The van der Waals surface area contributed by atoms with E-state index in [1.807, 2.05) is 36.4 Å². The predicted molar refractivity (Wildman–Crippen MR) is 95.4 cm³/mol. The number of benzene rings is 2. The van der Waals surface area contributed by atoms with Gasteiger partial charge < -0.3 is 15.4 Å². The molecule has 2 rings (SSSR count). The van der Waals surface area contributed by atoms with Crippen LogP contribution in [0.3, 0.4) is 0 Å². The summed E-state index contributed by atoms with van der Waals surface area (Å²) >= 11 is 5.90. The van der Waals surface area contributed by atoms with Crippen molar-refractivity contribution in [3.63, 3.8) is 0 Å². The number of hydrogen-bond acceptors (Lipinski definition) is 3. The zero-order valence-electron chi connectivity index (χ0n) is 13.1. The van der Waals surface area contributed by atoms with Gasteiger partial charge in [0.15, 0.2) is 0 Å². The maximum absolute atomic E-state index is 12.0. The molecule has 2 N–H and O–H groups in total. The molecule has 0 aliphatic heterocycles. The summed E-state index contributed by atoms with van der Waals surface area (Å²) in [5.74, 6) is 0.634. The van der Waals surface area contributed by atoms with Crippen LogP contribution in [0.5, 0.6) is 5.75 Å². The van der Waals surface area contributed by atoms with Crippen molar-refractivity contribution in [2.75, 3.05) is 23.8 Å². The van der Waals surface area contributed by atoms with Crippen molar-refractivity contribution in [2.45, 2.75) is 19.8 Å². The fourth-order valence-corrected chi connectivity index (χ4v) is 2.17. The van der Waals surface area contributed by atoms with E-state index < -0.39 is 0 Å². The monoisotopic (exact) mass is 332 g/mol. The highest BCUT2D eigenvalue weighted by Gasteiger charge is 2.04. The number of anilines is 2. The zero-order valence-corrected chi connectivity index (χ0v) is 13.9. The fraction of sp³-hybridized carbons (Fsp3) is 0.278. The SMILES string of the molecule is CCCCOc1cccc(NC(=O)CNc2cccc(Cl)c2)c1. The molecule has 0 fully saturated rings. The first-order chi connectivity index (χ1) is 11.2. The number of amides is 1. The lowest BCUT2D eigenvalue weighted by Crippen LogP contribution is -2.21. The Morgan fingerprint density at radius 1 is 1.13 bits per heavy atom. The van der Waals surface area contributed by atoms with Crippen LogP contribution in [0, 0.1) is 0 Å². The number of rotatable bonds is 8. The molecule has 0 spiro atoms. The highest BCUT2D eigenvalue weighted by molar-refractivity contribution is 6.30. The molecule has 23 heavy (non-hydrogen) atoms. The third kappa shape index (κ3) is 6.20. The Morgan fingerprint density at radius 3 is 2.70 bits per heavy atom. The number of unbranched alkanes of at least 4 members (excludes halogenated alkanes) is 1. The minimum atomic E-state index is -0.129. The van der Waals surface area contributed by atoms with Crippen molar-refractivity contribution in [1.29, 1.82) is 0 Å². The Morgan fingerprint density at radius 2 is 1.91 bits per heavy atom. The molecule has 2 aromatic carbocycles. The molecular weight excluding hydrogens is 312 g/mol. The van der Waals surface area contributed by atoms with Gasteiger partial charge in [-0.1, -0.05) is 37.1 Å². The first-order valence-corrected chi connectivity index (χ1v) is 8.07. The lowest BCUT2D eigenvalue weighted by atomic mass is 10.3. The van der Waals surface area contributed by atoms with Crippen LogP contribution in [0.2, 0.25) is 5.02 Å². The van der Waals surface area contributed by atoms with Crippen LogP contribution in [0.1, 0.15) is 19.8 Å². The summed E-state index contributed by atoms with van der Waals surface area (Å²) in [5.41, 5.74) is 1.53. The van der Waals surface area contributed by atoms with E-state index in [4.69, 9.17) is 16.3 Å². The second-order valence-electron chi connectivity index (χ2n) is 5.14. The highest BCUT2D eigenvalue weighted by Crippen LogP contribution is 2.18. The van der Waals surface area contributed by atoms with Gasteiger partial charge in [0.1, 0.15) is 5.75 Å². The average Bonchev–Trinajstić information content (AvgIpc) is 2.54. The van der Waals surface area contributed by atoms with E-state index in [-0.39, 0.29) is 12.5 Å². The van der Waals surface area contributed by atoms with E-state index >= 15 is 0 Å². The minimum absolute atomic E-state index is 0.129. The van der Waals surface area contributed by atoms with Gasteiger partial charge in [-0.3, -0.25) is 4.79 Å². The van der Waals surface area contributed by atoms with Crippen molar-refractivity contribution in [3.05, 3.63) is 53.6 Å². The van der Waals surface area contributed by atoms with Crippen LogP contribution in [0.4, 0.5) is 11.4 Å². The Kier molecular flexibility index (Phi) is 6.76. The van der Waals surface area contributed by atoms with Crippen LogP contribution >= 0.6 is 11.6 Å². The molecule has 0 saturated heterocycles. The summed E-state index contributed by atoms with van der Waals surface area (Å²) < 4.78 is 5.63. The Labute approximate surface area is 141 Å². The summed E-state index contributed by atoms with van der Waals surface area (Å²) in [6.45, 7) is 2.97. The van der Waals surface area contributed by atoms with Gasteiger partial charge in [-0.05, 0) is 36.8 Å². The van der Waals surface area contributed by atoms with E-state index in [2.05, 4.69) is 17.6 Å². The van der Waals surface area contributed by atoms with Gasteiger partial charge in [-0.25, -0.2) is 0 Å². The lowest BCUT2D eigenvalue weighted by molar-refractivity contribution is -0.114. The zero-order chi connectivity index (χ0) is 16.5. The third-order valence-electron chi connectivity index (χ3n) is 3.16. The van der Waals surface area contributed by atoms with E-state index in [9.17, 15) is 4.79 Å². The smallest absolute Gasteiger partial charge is 0.243 e. The van der Waals surface area contributed by atoms with E-state index in [1.165, 1.54) is 0 Å². The Hall–Kier alpha value is -2.20. The molecule has 0 saturated carbocycles. The second-order valence-corrected chi connectivity index (χ2v) is 5.58. The first-order valence-electron chi connectivity index (χ1n) is 7.69. The maximum Gasteiger partial charge on any atom is 0.243 e. The molecule has 0 aromatic heterocycles. The number of carbonyl (C=O) groups excluding carboxylic acids is 1. The third-order valence-corrected chi connectivity index (χ3v) is 3.40. The molecule has 0 unspecified atom stereocenters. The summed E-state index contributed by atoms with van der Waals surface area (Å²) in [6.07, 6.45) is 2.10. The van der Waals surface area contributed by atoms with Crippen LogP contribution < -0.4 is 15.4 Å². The van der Waals surface area contributed by atoms with Gasteiger partial charge in [-0.15, -0.1) is 0 Å². The number of carbonyl (C=O) groups is 1. The van der Waals surface area contributed by atoms with Crippen LogP contribution in [-0.2, 0) is 4.79 Å². The average molecular weight is 333 g/mol. The Bertz CT molecular complexity index is 646.